The minimum Gasteiger partial charge on any atom is -0.389 e. The SMILES string of the molecule is COCCNC(=O)C[C@H]1CC[C@H]2[C@@H](COC[C@@H](O)CN2S(=O)(=O)c2ccccc2F)O1. The molecular formula is C20H29FN2O7S. The summed E-state index contributed by atoms with van der Waals surface area (Å²) in [5, 5.41) is 12.9. The lowest BCUT2D eigenvalue weighted by Gasteiger charge is -2.43. The molecule has 2 aliphatic heterocycles. The Hall–Kier alpha value is -1.63. The zero-order valence-corrected chi connectivity index (χ0v) is 18.2. The van der Waals surface area contributed by atoms with Gasteiger partial charge in [0.25, 0.3) is 0 Å². The number of ether oxygens (including phenoxy) is 3. The van der Waals surface area contributed by atoms with Gasteiger partial charge in [-0.3, -0.25) is 4.79 Å². The number of β-amino-alcohol motifs (C(OH)–C–C–N with tert-alkyl or cyclic N) is 1. The van der Waals surface area contributed by atoms with E-state index in [-0.39, 0.29) is 32.1 Å². The molecule has 2 N–H and O–H groups in total. The van der Waals surface area contributed by atoms with E-state index in [2.05, 4.69) is 5.32 Å². The quantitative estimate of drug-likeness (QED) is 0.562. The van der Waals surface area contributed by atoms with E-state index in [1.165, 1.54) is 18.2 Å². The van der Waals surface area contributed by atoms with Crippen LogP contribution in [0.15, 0.2) is 29.2 Å². The molecule has 9 nitrogen and oxygen atoms in total. The van der Waals surface area contributed by atoms with Gasteiger partial charge >= 0.3 is 0 Å². The van der Waals surface area contributed by atoms with Crippen molar-refractivity contribution in [3.05, 3.63) is 30.1 Å². The minimum atomic E-state index is -4.22. The van der Waals surface area contributed by atoms with Crippen LogP contribution in [0.5, 0.6) is 0 Å². The summed E-state index contributed by atoms with van der Waals surface area (Å²) in [7, 11) is -2.68. The van der Waals surface area contributed by atoms with Gasteiger partial charge in [0.2, 0.25) is 15.9 Å². The number of halogens is 1. The van der Waals surface area contributed by atoms with E-state index >= 15 is 0 Å². The van der Waals surface area contributed by atoms with Gasteiger partial charge in [0, 0.05) is 20.2 Å². The average molecular weight is 461 g/mol. The standard InChI is InChI=1S/C20H29FN2O7S/c1-28-9-8-22-20(25)10-15-6-7-17-18(30-15)13-29-12-14(24)11-23(17)31(26,27)19-5-3-2-4-16(19)21/h2-5,14-15,17-18,24H,6-13H2,1H3,(H,22,25)/t14-,15+,17-,18+/m0/s1. The third-order valence-corrected chi connectivity index (χ3v) is 7.32. The number of aliphatic hydroxyl groups is 1. The molecule has 4 atom stereocenters. The number of hydrogen-bond acceptors (Lipinski definition) is 7. The molecular weight excluding hydrogens is 431 g/mol. The van der Waals surface area contributed by atoms with Crippen molar-refractivity contribution < 1.29 is 36.9 Å². The molecule has 2 saturated heterocycles. The molecule has 1 aromatic rings. The third-order valence-electron chi connectivity index (χ3n) is 5.40. The van der Waals surface area contributed by atoms with Crippen molar-refractivity contribution in [2.45, 2.75) is 48.5 Å². The number of benzene rings is 1. The van der Waals surface area contributed by atoms with E-state index in [1.54, 1.807) is 7.11 Å². The summed E-state index contributed by atoms with van der Waals surface area (Å²) in [6, 6.07) is 4.51. The molecule has 0 unspecified atom stereocenters. The number of carbonyl (C=O) groups is 1. The summed E-state index contributed by atoms with van der Waals surface area (Å²) in [6.07, 6.45) is -1.11. The molecule has 1 amide bonds. The molecule has 2 aliphatic rings. The lowest BCUT2D eigenvalue weighted by atomic mass is 9.96. The van der Waals surface area contributed by atoms with Gasteiger partial charge in [-0.2, -0.15) is 4.31 Å². The predicted octanol–water partition coefficient (Wildman–Crippen LogP) is 0.276. The Bertz CT molecular complexity index is 854. The highest BCUT2D eigenvalue weighted by Gasteiger charge is 2.43. The highest BCUT2D eigenvalue weighted by molar-refractivity contribution is 7.89. The van der Waals surface area contributed by atoms with Crippen LogP contribution >= 0.6 is 0 Å². The number of amides is 1. The number of hydrogen-bond donors (Lipinski definition) is 2. The maximum absolute atomic E-state index is 14.3. The molecule has 174 valence electrons. The fraction of sp³-hybridized carbons (Fsp3) is 0.650. The first-order chi connectivity index (χ1) is 14.8. The summed E-state index contributed by atoms with van der Waals surface area (Å²) < 4.78 is 58.4. The summed E-state index contributed by atoms with van der Waals surface area (Å²) in [5.41, 5.74) is 0. The Morgan fingerprint density at radius 2 is 2.10 bits per heavy atom. The predicted molar refractivity (Wildman–Crippen MR) is 108 cm³/mol. The van der Waals surface area contributed by atoms with Gasteiger partial charge in [-0.1, -0.05) is 12.1 Å². The first-order valence-corrected chi connectivity index (χ1v) is 11.7. The molecule has 0 radical (unpaired) electrons. The molecule has 2 heterocycles. The molecule has 11 heteroatoms. The molecule has 2 fully saturated rings. The van der Waals surface area contributed by atoms with Crippen molar-refractivity contribution in [3.8, 4) is 0 Å². The topological polar surface area (TPSA) is 114 Å². The van der Waals surface area contributed by atoms with Crippen LogP contribution < -0.4 is 5.32 Å². The zero-order valence-electron chi connectivity index (χ0n) is 17.4. The van der Waals surface area contributed by atoms with Gasteiger partial charge in [0.15, 0.2) is 0 Å². The van der Waals surface area contributed by atoms with Crippen LogP contribution in [-0.4, -0.2) is 88.1 Å². The van der Waals surface area contributed by atoms with Crippen LogP contribution in [-0.2, 0) is 29.0 Å². The highest BCUT2D eigenvalue weighted by atomic mass is 32.2. The van der Waals surface area contributed by atoms with Crippen LogP contribution in [0.1, 0.15) is 19.3 Å². The lowest BCUT2D eigenvalue weighted by Crippen LogP contribution is -2.57. The molecule has 3 rings (SSSR count). The van der Waals surface area contributed by atoms with Crippen LogP contribution in [0.2, 0.25) is 0 Å². The van der Waals surface area contributed by atoms with E-state index in [4.69, 9.17) is 14.2 Å². The number of carbonyl (C=O) groups excluding carboxylic acids is 1. The van der Waals surface area contributed by atoms with E-state index in [0.29, 0.717) is 26.0 Å². The van der Waals surface area contributed by atoms with Gasteiger partial charge in [0.1, 0.15) is 10.7 Å². The van der Waals surface area contributed by atoms with Gasteiger partial charge in [-0.25, -0.2) is 12.8 Å². The minimum absolute atomic E-state index is 0.0623. The molecule has 0 spiro atoms. The maximum Gasteiger partial charge on any atom is 0.246 e. The van der Waals surface area contributed by atoms with Crippen molar-refractivity contribution in [1.82, 2.24) is 9.62 Å². The smallest absolute Gasteiger partial charge is 0.246 e. The first kappa shape index (κ1) is 24.0. The van der Waals surface area contributed by atoms with Crippen molar-refractivity contribution in [2.75, 3.05) is 40.0 Å². The third kappa shape index (κ3) is 5.99. The molecule has 31 heavy (non-hydrogen) atoms. The van der Waals surface area contributed by atoms with Crippen molar-refractivity contribution >= 4 is 15.9 Å². The van der Waals surface area contributed by atoms with Gasteiger partial charge < -0.3 is 24.6 Å². The Labute approximate surface area is 181 Å². The van der Waals surface area contributed by atoms with E-state index in [0.717, 1.165) is 10.4 Å². The fourth-order valence-electron chi connectivity index (χ4n) is 3.92. The maximum atomic E-state index is 14.3. The van der Waals surface area contributed by atoms with E-state index in [1.807, 2.05) is 0 Å². The molecule has 1 aromatic carbocycles. The average Bonchev–Trinajstić information content (AvgIpc) is 2.71. The Morgan fingerprint density at radius 1 is 1.32 bits per heavy atom. The van der Waals surface area contributed by atoms with E-state index < -0.39 is 45.1 Å². The number of nitrogens with zero attached hydrogens (tertiary/aromatic N) is 1. The number of aliphatic hydroxyl groups excluding tert-OH is 1. The van der Waals surface area contributed by atoms with Gasteiger partial charge in [0.05, 0.1) is 50.6 Å². The van der Waals surface area contributed by atoms with Crippen LogP contribution in [0.3, 0.4) is 0 Å². The van der Waals surface area contributed by atoms with E-state index in [9.17, 15) is 22.7 Å². The second-order valence-electron chi connectivity index (χ2n) is 7.68. The summed E-state index contributed by atoms with van der Waals surface area (Å²) in [5.74, 6) is -1.03. The van der Waals surface area contributed by atoms with Crippen molar-refractivity contribution in [3.63, 3.8) is 0 Å². The van der Waals surface area contributed by atoms with Crippen molar-refractivity contribution in [1.29, 1.82) is 0 Å². The van der Waals surface area contributed by atoms with Crippen LogP contribution in [0.4, 0.5) is 4.39 Å². The number of methoxy groups -OCH3 is 1. The second kappa shape index (κ2) is 10.8. The summed E-state index contributed by atoms with van der Waals surface area (Å²) in [4.78, 5) is 11.7. The van der Waals surface area contributed by atoms with Crippen LogP contribution in [0, 0.1) is 5.82 Å². The molecule has 0 saturated carbocycles. The van der Waals surface area contributed by atoms with Crippen molar-refractivity contribution in [2.24, 2.45) is 0 Å². The summed E-state index contributed by atoms with van der Waals surface area (Å²) in [6.45, 7) is 0.555. The lowest BCUT2D eigenvalue weighted by molar-refractivity contribution is -0.146. The monoisotopic (exact) mass is 460 g/mol. The first-order valence-electron chi connectivity index (χ1n) is 10.3. The molecule has 0 aromatic heterocycles. The number of sulfonamides is 1. The normalized spacial score (nSPS) is 27.7. The highest BCUT2D eigenvalue weighted by Crippen LogP contribution is 2.32. The fourth-order valence-corrected chi connectivity index (χ4v) is 5.71. The molecule has 0 bridgehead atoms. The second-order valence-corrected chi connectivity index (χ2v) is 9.54. The Morgan fingerprint density at radius 3 is 2.84 bits per heavy atom. The van der Waals surface area contributed by atoms with Gasteiger partial charge in [-0.15, -0.1) is 0 Å². The zero-order chi connectivity index (χ0) is 22.4. The molecule has 0 aliphatic carbocycles. The van der Waals surface area contributed by atoms with Gasteiger partial charge in [-0.05, 0) is 25.0 Å². The number of nitrogens with one attached hydrogen (secondary N) is 1. The van der Waals surface area contributed by atoms with Crippen LogP contribution in [0.25, 0.3) is 0 Å². The largest absolute Gasteiger partial charge is 0.389 e. The number of fused-ring (bicyclic) bond motifs is 1. The Balaban J connectivity index is 1.76. The Kier molecular flexibility index (Phi) is 8.36. The summed E-state index contributed by atoms with van der Waals surface area (Å²) >= 11 is 0. The number of rotatable bonds is 7.